The first-order valence-electron chi connectivity index (χ1n) is 5.37. The van der Waals surface area contributed by atoms with Crippen LogP contribution >= 0.6 is 0 Å². The van der Waals surface area contributed by atoms with Crippen LogP contribution in [0.25, 0.3) is 0 Å². The van der Waals surface area contributed by atoms with E-state index in [0.29, 0.717) is 0 Å². The van der Waals surface area contributed by atoms with Crippen molar-refractivity contribution in [3.05, 3.63) is 0 Å². The third-order valence-electron chi connectivity index (χ3n) is 1.33. The molecule has 0 aliphatic carbocycles. The maximum Gasteiger partial charge on any atom is -0.0448 e. The quantitative estimate of drug-likeness (QED) is 0.525. The summed E-state index contributed by atoms with van der Waals surface area (Å²) in [5.74, 6) is 2.54. The van der Waals surface area contributed by atoms with Gasteiger partial charge in [-0.15, -0.1) is 0 Å². The summed E-state index contributed by atoms with van der Waals surface area (Å²) in [7, 11) is 0. The molecule has 0 aromatic rings. The first kappa shape index (κ1) is 17.9. The zero-order chi connectivity index (χ0) is 10.7. The highest BCUT2D eigenvalue weighted by Gasteiger charge is 1.95. The van der Waals surface area contributed by atoms with E-state index in [-0.39, 0.29) is 0 Å². The average Bonchev–Trinajstić information content (AvgIpc) is 1.90. The van der Waals surface area contributed by atoms with E-state index in [9.17, 15) is 0 Å². The minimum Gasteiger partial charge on any atom is -0.0683 e. The van der Waals surface area contributed by atoms with Gasteiger partial charge in [0, 0.05) is 0 Å². The lowest BCUT2D eigenvalue weighted by Crippen LogP contribution is -1.95. The van der Waals surface area contributed by atoms with Crippen LogP contribution in [-0.2, 0) is 0 Å². The normalized spacial score (nSPS) is 9.00. The van der Waals surface area contributed by atoms with Crippen LogP contribution in [0.1, 0.15) is 62.3 Å². The first-order valence-corrected chi connectivity index (χ1v) is 5.37. The molecule has 12 heavy (non-hydrogen) atoms. The van der Waals surface area contributed by atoms with Crippen LogP contribution in [0.15, 0.2) is 0 Å². The molecule has 0 nitrogen and oxygen atoms in total. The molecule has 0 radical (unpaired) electrons. The maximum atomic E-state index is 2.24. The van der Waals surface area contributed by atoms with Gasteiger partial charge in [-0.1, -0.05) is 62.3 Å². The fraction of sp³-hybridized carbons (Fsp3) is 1.00. The predicted molar refractivity (Wildman–Crippen MR) is 61.5 cm³/mol. The molecule has 0 unspecified atom stereocenters. The van der Waals surface area contributed by atoms with Crippen molar-refractivity contribution in [2.24, 2.45) is 17.8 Å². The molecule has 0 N–H and O–H groups in total. The molecule has 0 fully saturated rings. The molecule has 0 aliphatic rings. The molecule has 0 rings (SSSR count). The Hall–Kier alpha value is 0. The Kier molecular flexibility index (Phi) is 20.3. The first-order chi connectivity index (χ1) is 5.37. The minimum absolute atomic E-state index is 0.833. The van der Waals surface area contributed by atoms with Gasteiger partial charge in [-0.3, -0.25) is 0 Å². The molecule has 0 heterocycles. The van der Waals surface area contributed by atoms with E-state index in [0.717, 1.165) is 17.8 Å². The molecule has 0 aromatic carbocycles. The van der Waals surface area contributed by atoms with Crippen molar-refractivity contribution < 1.29 is 0 Å². The van der Waals surface area contributed by atoms with E-state index in [4.69, 9.17) is 0 Å². The number of hydrogen-bond donors (Lipinski definition) is 0. The third-order valence-corrected chi connectivity index (χ3v) is 1.33. The highest BCUT2D eigenvalue weighted by Crippen LogP contribution is 2.05. The zero-order valence-electron chi connectivity index (χ0n) is 10.7. The van der Waals surface area contributed by atoms with Crippen molar-refractivity contribution in [2.45, 2.75) is 62.3 Å². The van der Waals surface area contributed by atoms with E-state index in [1.54, 1.807) is 0 Å². The summed E-state index contributed by atoms with van der Waals surface area (Å²) in [5, 5.41) is 0. The van der Waals surface area contributed by atoms with Crippen LogP contribution in [0.2, 0.25) is 0 Å². The monoisotopic (exact) mass is 174 g/mol. The van der Waals surface area contributed by atoms with E-state index in [1.165, 1.54) is 0 Å². The SMILES string of the molecule is CC.CC(C)C.CC(C)C(C)C. The number of hydrogen-bond acceptors (Lipinski definition) is 0. The van der Waals surface area contributed by atoms with Crippen LogP contribution in [0, 0.1) is 17.8 Å². The Morgan fingerprint density at radius 2 is 0.583 bits per heavy atom. The Morgan fingerprint density at radius 1 is 0.500 bits per heavy atom. The molecule has 78 valence electrons. The molecular weight excluding hydrogens is 144 g/mol. The summed E-state index contributed by atoms with van der Waals surface area (Å²) in [6.07, 6.45) is 0. The molecule has 0 heteroatoms. The Bertz CT molecular complexity index is 42.3. The Balaban J connectivity index is -0.000000118. The van der Waals surface area contributed by atoms with Crippen molar-refractivity contribution in [2.75, 3.05) is 0 Å². The lowest BCUT2D eigenvalue weighted by atomic mass is 10.0. The van der Waals surface area contributed by atoms with Crippen molar-refractivity contribution in [1.82, 2.24) is 0 Å². The van der Waals surface area contributed by atoms with E-state index >= 15 is 0 Å². The van der Waals surface area contributed by atoms with Crippen LogP contribution in [0.3, 0.4) is 0 Å². The van der Waals surface area contributed by atoms with Gasteiger partial charge >= 0.3 is 0 Å². The molecule has 0 aromatic heterocycles. The Morgan fingerprint density at radius 3 is 0.583 bits per heavy atom. The number of rotatable bonds is 1. The standard InChI is InChI=1S/C6H14.C4H10.C2H6/c1-5(2)6(3)4;1-4(2)3;1-2/h5-6H,1-4H3;4H,1-3H3;1-2H3. The lowest BCUT2D eigenvalue weighted by molar-refractivity contribution is 0.457. The van der Waals surface area contributed by atoms with Gasteiger partial charge in [-0.05, 0) is 17.8 Å². The molecular formula is C12H30. The fourth-order valence-corrected chi connectivity index (χ4v) is 0. The van der Waals surface area contributed by atoms with Crippen molar-refractivity contribution >= 4 is 0 Å². The Labute approximate surface area is 80.8 Å². The maximum absolute atomic E-state index is 2.24. The smallest absolute Gasteiger partial charge is 0.0448 e. The van der Waals surface area contributed by atoms with E-state index < -0.39 is 0 Å². The van der Waals surface area contributed by atoms with Gasteiger partial charge in [0.2, 0.25) is 0 Å². The second-order valence-corrected chi connectivity index (χ2v) is 4.22. The molecule has 0 atom stereocenters. The summed E-state index contributed by atoms with van der Waals surface area (Å²) in [5.41, 5.74) is 0. The largest absolute Gasteiger partial charge is 0.0683 e. The second-order valence-electron chi connectivity index (χ2n) is 4.22. The molecule has 0 aliphatic heterocycles. The summed E-state index contributed by atoms with van der Waals surface area (Å²) < 4.78 is 0. The van der Waals surface area contributed by atoms with Gasteiger partial charge < -0.3 is 0 Å². The van der Waals surface area contributed by atoms with Crippen LogP contribution in [0.5, 0.6) is 0 Å². The van der Waals surface area contributed by atoms with Gasteiger partial charge in [0.15, 0.2) is 0 Å². The zero-order valence-corrected chi connectivity index (χ0v) is 10.7. The highest BCUT2D eigenvalue weighted by atomic mass is 14.0. The second kappa shape index (κ2) is 13.6. The van der Waals surface area contributed by atoms with E-state index in [2.05, 4.69) is 48.5 Å². The topological polar surface area (TPSA) is 0 Å². The van der Waals surface area contributed by atoms with Crippen molar-refractivity contribution in [1.29, 1.82) is 0 Å². The molecule has 0 spiro atoms. The minimum atomic E-state index is 0.833. The summed E-state index contributed by atoms with van der Waals surface area (Å²) in [6, 6.07) is 0. The predicted octanol–water partition coefficient (Wildman–Crippen LogP) is 4.99. The fourth-order valence-electron chi connectivity index (χ4n) is 0. The van der Waals surface area contributed by atoms with Crippen LogP contribution in [0.4, 0.5) is 0 Å². The van der Waals surface area contributed by atoms with Gasteiger partial charge in [0.25, 0.3) is 0 Å². The highest BCUT2D eigenvalue weighted by molar-refractivity contribution is 4.46. The van der Waals surface area contributed by atoms with Gasteiger partial charge in [0.05, 0.1) is 0 Å². The molecule has 0 saturated heterocycles. The average molecular weight is 174 g/mol. The third kappa shape index (κ3) is 50.6. The van der Waals surface area contributed by atoms with Gasteiger partial charge in [0.1, 0.15) is 0 Å². The van der Waals surface area contributed by atoms with Crippen LogP contribution < -0.4 is 0 Å². The molecule has 0 bridgehead atoms. The summed E-state index contributed by atoms with van der Waals surface area (Å²) in [6.45, 7) is 19.5. The van der Waals surface area contributed by atoms with Gasteiger partial charge in [-0.25, -0.2) is 0 Å². The van der Waals surface area contributed by atoms with Crippen LogP contribution in [-0.4, -0.2) is 0 Å². The summed E-state index contributed by atoms with van der Waals surface area (Å²) in [4.78, 5) is 0. The van der Waals surface area contributed by atoms with Crippen molar-refractivity contribution in [3.8, 4) is 0 Å². The van der Waals surface area contributed by atoms with E-state index in [1.807, 2.05) is 13.8 Å². The lowest BCUT2D eigenvalue weighted by Gasteiger charge is -2.05. The molecule has 0 saturated carbocycles. The van der Waals surface area contributed by atoms with Crippen molar-refractivity contribution in [3.63, 3.8) is 0 Å². The van der Waals surface area contributed by atoms with Gasteiger partial charge in [-0.2, -0.15) is 0 Å². The summed E-state index contributed by atoms with van der Waals surface area (Å²) >= 11 is 0. The molecule has 0 amide bonds.